The van der Waals surface area contributed by atoms with Crippen molar-refractivity contribution in [1.82, 2.24) is 5.32 Å². The molecule has 1 aliphatic rings. The first-order valence-electron chi connectivity index (χ1n) is 12.1. The van der Waals surface area contributed by atoms with Gasteiger partial charge in [-0.15, -0.1) is 0 Å². The minimum atomic E-state index is -0.493. The minimum absolute atomic E-state index is 0.109. The van der Waals surface area contributed by atoms with Crippen molar-refractivity contribution in [3.05, 3.63) is 65.2 Å². The molecule has 1 N–H and O–H groups in total. The average Bonchev–Trinajstić information content (AvgIpc) is 2.78. The Morgan fingerprint density at radius 3 is 2.09 bits per heavy atom. The van der Waals surface area contributed by atoms with Gasteiger partial charge >= 0.3 is 5.97 Å². The fourth-order valence-corrected chi connectivity index (χ4v) is 4.04. The summed E-state index contributed by atoms with van der Waals surface area (Å²) < 4.78 is 11.1. The summed E-state index contributed by atoms with van der Waals surface area (Å²) in [5, 5.41) is 3.01. The number of rotatable bonds is 7. The standard InChI is InChI=1S/C28H37NO4/c1-28(2,3)23-15-17-25(18-16-23)32-19-21-11-13-22(14-12-21)27(31)33-20-26(30)29-24-9-7-5-4-6-8-10-24/h11-18,24H,4-10,19-20H2,1-3H3,(H,29,30). The maximum Gasteiger partial charge on any atom is 0.338 e. The molecule has 0 bridgehead atoms. The van der Waals surface area contributed by atoms with Crippen LogP contribution in [0.25, 0.3) is 0 Å². The highest BCUT2D eigenvalue weighted by molar-refractivity contribution is 5.91. The first-order valence-corrected chi connectivity index (χ1v) is 12.1. The highest BCUT2D eigenvalue weighted by atomic mass is 16.5. The number of carbonyl (C=O) groups excluding carboxylic acids is 2. The monoisotopic (exact) mass is 451 g/mol. The third-order valence-electron chi connectivity index (χ3n) is 6.12. The fraction of sp³-hybridized carbons (Fsp3) is 0.500. The van der Waals surface area contributed by atoms with Crippen molar-refractivity contribution < 1.29 is 19.1 Å². The third kappa shape index (κ3) is 8.23. The Morgan fingerprint density at radius 1 is 0.879 bits per heavy atom. The molecule has 0 radical (unpaired) electrons. The summed E-state index contributed by atoms with van der Waals surface area (Å²) in [6, 6.07) is 15.4. The first kappa shape index (κ1) is 24.8. The lowest BCUT2D eigenvalue weighted by molar-refractivity contribution is -0.125. The number of benzene rings is 2. The van der Waals surface area contributed by atoms with Crippen LogP contribution in [0.15, 0.2) is 48.5 Å². The zero-order chi connectivity index (χ0) is 23.7. The highest BCUT2D eigenvalue weighted by Gasteiger charge is 2.16. The molecule has 1 fully saturated rings. The molecule has 1 saturated carbocycles. The molecule has 0 aliphatic heterocycles. The van der Waals surface area contributed by atoms with Gasteiger partial charge in [0, 0.05) is 6.04 Å². The molecule has 178 valence electrons. The molecule has 0 atom stereocenters. The second-order valence-electron chi connectivity index (χ2n) is 9.95. The second-order valence-corrected chi connectivity index (χ2v) is 9.95. The largest absolute Gasteiger partial charge is 0.489 e. The summed E-state index contributed by atoms with van der Waals surface area (Å²) in [6.07, 6.45) is 8.03. The van der Waals surface area contributed by atoms with Gasteiger partial charge in [-0.2, -0.15) is 0 Å². The Balaban J connectivity index is 1.42. The van der Waals surface area contributed by atoms with Gasteiger partial charge in [0.15, 0.2) is 6.61 Å². The van der Waals surface area contributed by atoms with Gasteiger partial charge in [-0.05, 0) is 53.6 Å². The van der Waals surface area contributed by atoms with Crippen LogP contribution in [0.5, 0.6) is 5.75 Å². The predicted octanol–water partition coefficient (Wildman–Crippen LogP) is 5.95. The molecule has 5 heteroatoms. The molecule has 3 rings (SSSR count). The van der Waals surface area contributed by atoms with Gasteiger partial charge in [0.1, 0.15) is 12.4 Å². The van der Waals surface area contributed by atoms with Gasteiger partial charge in [-0.3, -0.25) is 4.79 Å². The molecule has 2 aromatic carbocycles. The Bertz CT molecular complexity index is 889. The van der Waals surface area contributed by atoms with Crippen molar-refractivity contribution >= 4 is 11.9 Å². The molecular formula is C28H37NO4. The van der Waals surface area contributed by atoms with Crippen molar-refractivity contribution in [3.8, 4) is 5.75 Å². The van der Waals surface area contributed by atoms with Crippen molar-refractivity contribution in [2.24, 2.45) is 0 Å². The van der Waals surface area contributed by atoms with E-state index >= 15 is 0 Å². The molecule has 0 saturated heterocycles. The van der Waals surface area contributed by atoms with E-state index in [1.54, 1.807) is 12.1 Å². The summed E-state index contributed by atoms with van der Waals surface area (Å²) in [5.41, 5.74) is 2.75. The zero-order valence-electron chi connectivity index (χ0n) is 20.2. The van der Waals surface area contributed by atoms with Crippen LogP contribution in [0.1, 0.15) is 87.2 Å². The summed E-state index contributed by atoms with van der Waals surface area (Å²) in [6.45, 7) is 6.71. The Labute approximate surface area is 197 Å². The molecule has 0 spiro atoms. The Morgan fingerprint density at radius 2 is 1.48 bits per heavy atom. The van der Waals surface area contributed by atoms with E-state index in [1.807, 2.05) is 24.3 Å². The maximum atomic E-state index is 12.3. The first-order chi connectivity index (χ1) is 15.8. The Hall–Kier alpha value is -2.82. The lowest BCUT2D eigenvalue weighted by Crippen LogP contribution is -2.38. The van der Waals surface area contributed by atoms with Gasteiger partial charge in [0.2, 0.25) is 0 Å². The smallest absolute Gasteiger partial charge is 0.338 e. The average molecular weight is 452 g/mol. The van der Waals surface area contributed by atoms with Crippen molar-refractivity contribution in [1.29, 1.82) is 0 Å². The lowest BCUT2D eigenvalue weighted by atomic mass is 9.87. The van der Waals surface area contributed by atoms with Crippen LogP contribution in [0.3, 0.4) is 0 Å². The van der Waals surface area contributed by atoms with E-state index in [0.29, 0.717) is 12.2 Å². The fourth-order valence-electron chi connectivity index (χ4n) is 4.04. The quantitative estimate of drug-likeness (QED) is 0.529. The molecular weight excluding hydrogens is 414 g/mol. The summed E-state index contributed by atoms with van der Waals surface area (Å²) in [5.74, 6) is 0.0891. The maximum absolute atomic E-state index is 12.3. The van der Waals surface area contributed by atoms with Crippen LogP contribution in [0.4, 0.5) is 0 Å². The number of hydrogen-bond donors (Lipinski definition) is 1. The number of esters is 1. The summed E-state index contributed by atoms with van der Waals surface area (Å²) in [4.78, 5) is 24.5. The van der Waals surface area contributed by atoms with Gasteiger partial charge in [-0.1, -0.05) is 77.1 Å². The Kier molecular flexibility index (Phi) is 8.93. The second kappa shape index (κ2) is 11.9. The van der Waals surface area contributed by atoms with Crippen LogP contribution in [-0.2, 0) is 21.6 Å². The van der Waals surface area contributed by atoms with E-state index < -0.39 is 5.97 Å². The molecule has 0 unspecified atom stereocenters. The molecule has 1 aliphatic carbocycles. The third-order valence-corrected chi connectivity index (χ3v) is 6.12. The number of hydrogen-bond acceptors (Lipinski definition) is 4. The SMILES string of the molecule is CC(C)(C)c1ccc(OCc2ccc(C(=O)OCC(=O)NC3CCCCCCC3)cc2)cc1. The van der Waals surface area contributed by atoms with E-state index in [9.17, 15) is 9.59 Å². The summed E-state index contributed by atoms with van der Waals surface area (Å²) >= 11 is 0. The number of amides is 1. The number of carbonyl (C=O) groups is 2. The normalized spacial score (nSPS) is 15.2. The van der Waals surface area contributed by atoms with E-state index in [-0.39, 0.29) is 24.0 Å². The molecule has 33 heavy (non-hydrogen) atoms. The van der Waals surface area contributed by atoms with Crippen molar-refractivity contribution in [3.63, 3.8) is 0 Å². The summed E-state index contributed by atoms with van der Waals surface area (Å²) in [7, 11) is 0. The van der Waals surface area contributed by atoms with E-state index in [2.05, 4.69) is 38.2 Å². The zero-order valence-corrected chi connectivity index (χ0v) is 20.2. The van der Waals surface area contributed by atoms with E-state index in [1.165, 1.54) is 24.8 Å². The van der Waals surface area contributed by atoms with Crippen LogP contribution < -0.4 is 10.1 Å². The van der Waals surface area contributed by atoms with Crippen LogP contribution in [-0.4, -0.2) is 24.5 Å². The number of nitrogens with one attached hydrogen (secondary N) is 1. The van der Waals surface area contributed by atoms with Gasteiger partial charge < -0.3 is 14.8 Å². The van der Waals surface area contributed by atoms with E-state index in [4.69, 9.17) is 9.47 Å². The van der Waals surface area contributed by atoms with Gasteiger partial charge in [0.05, 0.1) is 5.56 Å². The van der Waals surface area contributed by atoms with Crippen molar-refractivity contribution in [2.45, 2.75) is 83.8 Å². The minimum Gasteiger partial charge on any atom is -0.489 e. The van der Waals surface area contributed by atoms with Crippen molar-refractivity contribution in [2.75, 3.05) is 6.61 Å². The van der Waals surface area contributed by atoms with Gasteiger partial charge in [-0.25, -0.2) is 4.79 Å². The number of ether oxygens (including phenoxy) is 2. The van der Waals surface area contributed by atoms with Gasteiger partial charge in [0.25, 0.3) is 5.91 Å². The highest BCUT2D eigenvalue weighted by Crippen LogP contribution is 2.24. The van der Waals surface area contributed by atoms with Crippen LogP contribution >= 0.6 is 0 Å². The molecule has 0 heterocycles. The molecule has 2 aromatic rings. The molecule has 1 amide bonds. The lowest BCUT2D eigenvalue weighted by Gasteiger charge is -2.20. The molecule has 0 aromatic heterocycles. The van der Waals surface area contributed by atoms with Crippen LogP contribution in [0, 0.1) is 0 Å². The topological polar surface area (TPSA) is 64.6 Å². The van der Waals surface area contributed by atoms with E-state index in [0.717, 1.165) is 37.0 Å². The molecule has 5 nitrogen and oxygen atoms in total. The van der Waals surface area contributed by atoms with Crippen LogP contribution in [0.2, 0.25) is 0 Å². The predicted molar refractivity (Wildman–Crippen MR) is 130 cm³/mol.